The van der Waals surface area contributed by atoms with Gasteiger partial charge in [-0.3, -0.25) is 0 Å². The quantitative estimate of drug-likeness (QED) is 0.826. The normalized spacial score (nSPS) is 13.8. The second kappa shape index (κ2) is 5.96. The van der Waals surface area contributed by atoms with Gasteiger partial charge in [0.25, 0.3) is 0 Å². The highest BCUT2D eigenvalue weighted by molar-refractivity contribution is 7.80. The molecule has 5 heteroatoms. The molecule has 0 radical (unpaired) electrons. The van der Waals surface area contributed by atoms with Gasteiger partial charge in [-0.2, -0.15) is 0 Å². The molecule has 1 aliphatic carbocycles. The molecule has 102 valence electrons. The molecule has 20 heavy (non-hydrogen) atoms. The summed E-state index contributed by atoms with van der Waals surface area (Å²) in [6.45, 7) is 0.703. The van der Waals surface area contributed by atoms with Crippen LogP contribution < -0.4 is 10.6 Å². The van der Waals surface area contributed by atoms with Crippen LogP contribution in [0, 0.1) is 0 Å². The van der Waals surface area contributed by atoms with E-state index < -0.39 is 0 Å². The maximum atomic E-state index is 5.38. The van der Waals surface area contributed by atoms with Gasteiger partial charge in [0.1, 0.15) is 22.8 Å². The number of thiocarbonyl (C=S) groups is 1. The molecule has 1 aliphatic rings. The highest BCUT2D eigenvalue weighted by Gasteiger charge is 2.21. The minimum atomic E-state index is 0.573. The predicted octanol–water partition coefficient (Wildman–Crippen LogP) is 2.52. The number of hydrogen-bond donors (Lipinski definition) is 2. The molecule has 0 atom stereocenters. The molecule has 1 heterocycles. The van der Waals surface area contributed by atoms with Crippen molar-refractivity contribution in [2.24, 2.45) is 0 Å². The maximum Gasteiger partial charge on any atom is 0.130 e. The van der Waals surface area contributed by atoms with Crippen molar-refractivity contribution >= 4 is 23.0 Å². The molecule has 1 aromatic heterocycles. The van der Waals surface area contributed by atoms with Gasteiger partial charge in [-0.15, -0.1) is 0 Å². The molecule has 0 spiro atoms. The van der Waals surface area contributed by atoms with Crippen LogP contribution in [0.15, 0.2) is 42.7 Å². The number of nitrogens with zero attached hydrogens (tertiary/aromatic N) is 2. The molecule has 0 unspecified atom stereocenters. The average molecular weight is 284 g/mol. The lowest BCUT2D eigenvalue weighted by atomic mass is 10.2. The smallest absolute Gasteiger partial charge is 0.130 e. The monoisotopic (exact) mass is 284 g/mol. The zero-order valence-electron chi connectivity index (χ0n) is 11.0. The van der Waals surface area contributed by atoms with Gasteiger partial charge >= 0.3 is 0 Å². The van der Waals surface area contributed by atoms with Crippen LogP contribution in [0.2, 0.25) is 0 Å². The molecule has 0 amide bonds. The maximum absolute atomic E-state index is 5.38. The molecule has 4 nitrogen and oxygen atoms in total. The summed E-state index contributed by atoms with van der Waals surface area (Å²) in [5.74, 6) is 0.848. The van der Waals surface area contributed by atoms with Crippen LogP contribution in [0.1, 0.15) is 24.1 Å². The van der Waals surface area contributed by atoms with E-state index >= 15 is 0 Å². The van der Waals surface area contributed by atoms with Crippen LogP contribution in [-0.2, 0) is 6.54 Å². The van der Waals surface area contributed by atoms with Gasteiger partial charge in [-0.1, -0.05) is 42.5 Å². The molecule has 1 saturated carbocycles. The fraction of sp³-hybridized carbons (Fsp3) is 0.267. The van der Waals surface area contributed by atoms with E-state index in [1.807, 2.05) is 24.3 Å². The van der Waals surface area contributed by atoms with E-state index in [9.17, 15) is 0 Å². The summed E-state index contributed by atoms with van der Waals surface area (Å²) in [4.78, 5) is 9.08. The van der Waals surface area contributed by atoms with Crippen molar-refractivity contribution in [2.75, 3.05) is 5.32 Å². The minimum Gasteiger partial charge on any atom is -0.370 e. The summed E-state index contributed by atoms with van der Waals surface area (Å²) in [7, 11) is 0. The summed E-state index contributed by atoms with van der Waals surface area (Å²) >= 11 is 5.38. The molecule has 0 aliphatic heterocycles. The van der Waals surface area contributed by atoms with E-state index in [1.165, 1.54) is 18.4 Å². The average Bonchev–Trinajstić information content (AvgIpc) is 3.30. The Morgan fingerprint density at radius 2 is 2.00 bits per heavy atom. The Hall–Kier alpha value is -2.01. The van der Waals surface area contributed by atoms with E-state index in [0.29, 0.717) is 17.6 Å². The van der Waals surface area contributed by atoms with Crippen LogP contribution in [0.5, 0.6) is 0 Å². The van der Waals surface area contributed by atoms with Crippen LogP contribution in [-0.4, -0.2) is 21.0 Å². The zero-order valence-corrected chi connectivity index (χ0v) is 11.9. The Balaban J connectivity index is 1.61. The van der Waals surface area contributed by atoms with Crippen molar-refractivity contribution in [1.82, 2.24) is 15.3 Å². The molecule has 2 aromatic rings. The molecule has 1 aromatic carbocycles. The Bertz CT molecular complexity index is 596. The van der Waals surface area contributed by atoms with E-state index in [-0.39, 0.29) is 0 Å². The highest BCUT2D eigenvalue weighted by Crippen LogP contribution is 2.23. The fourth-order valence-electron chi connectivity index (χ4n) is 1.87. The van der Waals surface area contributed by atoms with E-state index in [0.717, 1.165) is 11.5 Å². The van der Waals surface area contributed by atoms with E-state index in [1.54, 1.807) is 6.33 Å². The van der Waals surface area contributed by atoms with Crippen LogP contribution in [0.4, 0.5) is 5.82 Å². The van der Waals surface area contributed by atoms with Gasteiger partial charge < -0.3 is 10.6 Å². The second-order valence-corrected chi connectivity index (χ2v) is 5.28. The number of nitrogens with one attached hydrogen (secondary N) is 2. The molecule has 3 rings (SSSR count). The predicted molar refractivity (Wildman–Crippen MR) is 83.7 cm³/mol. The number of aromatic nitrogens is 2. The van der Waals surface area contributed by atoms with Gasteiger partial charge in [-0.25, -0.2) is 9.97 Å². The first kappa shape index (κ1) is 13.0. The summed E-state index contributed by atoms with van der Waals surface area (Å²) in [5.41, 5.74) is 1.95. The number of anilines is 1. The van der Waals surface area contributed by atoms with E-state index in [2.05, 4.69) is 32.7 Å². The van der Waals surface area contributed by atoms with Gasteiger partial charge in [0.2, 0.25) is 0 Å². The standard InChI is InChI=1S/C15H16N4S/c20-15(16-9-11-4-2-1-3-5-11)13-8-14(18-10-17-13)19-12-6-7-12/h1-5,8,10,12H,6-7,9H2,(H,16,20)(H,17,18,19). The first-order valence-electron chi connectivity index (χ1n) is 6.72. The summed E-state index contributed by atoms with van der Waals surface area (Å²) in [5, 5.41) is 6.57. The first-order chi connectivity index (χ1) is 9.81. The van der Waals surface area contributed by atoms with Gasteiger partial charge in [0, 0.05) is 18.7 Å². The van der Waals surface area contributed by atoms with Crippen molar-refractivity contribution in [3.05, 3.63) is 54.0 Å². The third kappa shape index (κ3) is 3.51. The largest absolute Gasteiger partial charge is 0.370 e. The fourth-order valence-corrected chi connectivity index (χ4v) is 2.05. The zero-order chi connectivity index (χ0) is 13.8. The summed E-state index contributed by atoms with van der Waals surface area (Å²) < 4.78 is 0. The van der Waals surface area contributed by atoms with Crippen molar-refractivity contribution in [3.8, 4) is 0 Å². The van der Waals surface area contributed by atoms with Crippen molar-refractivity contribution in [1.29, 1.82) is 0 Å². The Labute approximate surface area is 123 Å². The Morgan fingerprint density at radius 3 is 2.75 bits per heavy atom. The van der Waals surface area contributed by atoms with Crippen molar-refractivity contribution < 1.29 is 0 Å². The lowest BCUT2D eigenvalue weighted by molar-refractivity contribution is 0.922. The van der Waals surface area contributed by atoms with Gasteiger partial charge in [-0.05, 0) is 18.4 Å². The van der Waals surface area contributed by atoms with Crippen molar-refractivity contribution in [2.45, 2.75) is 25.4 Å². The minimum absolute atomic E-state index is 0.573. The molecule has 0 bridgehead atoms. The number of hydrogen-bond acceptors (Lipinski definition) is 4. The number of benzene rings is 1. The van der Waals surface area contributed by atoms with Crippen molar-refractivity contribution in [3.63, 3.8) is 0 Å². The van der Waals surface area contributed by atoms with Crippen LogP contribution >= 0.6 is 12.2 Å². The SMILES string of the molecule is S=C(NCc1ccccc1)c1cc(NC2CC2)ncn1. The molecular formula is C15H16N4S. The third-order valence-electron chi connectivity index (χ3n) is 3.12. The third-order valence-corrected chi connectivity index (χ3v) is 3.48. The molecule has 1 fully saturated rings. The highest BCUT2D eigenvalue weighted by atomic mass is 32.1. The molecule has 0 saturated heterocycles. The number of rotatable bonds is 5. The topological polar surface area (TPSA) is 49.8 Å². The van der Waals surface area contributed by atoms with Crippen LogP contribution in [0.25, 0.3) is 0 Å². The molecule has 2 N–H and O–H groups in total. The first-order valence-corrected chi connectivity index (χ1v) is 7.13. The van der Waals surface area contributed by atoms with E-state index in [4.69, 9.17) is 12.2 Å². The van der Waals surface area contributed by atoms with Gasteiger partial charge in [0.05, 0.1) is 0 Å². The Kier molecular flexibility index (Phi) is 3.87. The lowest BCUT2D eigenvalue weighted by Gasteiger charge is -2.09. The summed E-state index contributed by atoms with van der Waals surface area (Å²) in [6.07, 6.45) is 3.99. The Morgan fingerprint density at radius 1 is 1.20 bits per heavy atom. The van der Waals surface area contributed by atoms with Gasteiger partial charge in [0.15, 0.2) is 0 Å². The summed E-state index contributed by atoms with van der Waals surface area (Å²) in [6, 6.07) is 12.6. The second-order valence-electron chi connectivity index (χ2n) is 4.88. The lowest BCUT2D eigenvalue weighted by Crippen LogP contribution is -2.23. The van der Waals surface area contributed by atoms with Crippen LogP contribution in [0.3, 0.4) is 0 Å². The molecular weight excluding hydrogens is 268 g/mol.